The third-order valence-electron chi connectivity index (χ3n) is 4.02. The van der Waals surface area contributed by atoms with Gasteiger partial charge in [-0.1, -0.05) is 6.07 Å². The van der Waals surface area contributed by atoms with Crippen LogP contribution in [0.5, 0.6) is 5.75 Å². The van der Waals surface area contributed by atoms with E-state index in [9.17, 15) is 0 Å². The standard InChI is InChI=1S/C16H27BO3Si/c1-12-9-13(11-14(10-12)18-21(6,7)8)17-19-15(2,3)16(4,5)20-17/h9-11H,1-8H3. The maximum Gasteiger partial charge on any atom is 0.494 e. The summed E-state index contributed by atoms with van der Waals surface area (Å²) in [6.07, 6.45) is 0. The van der Waals surface area contributed by atoms with Crippen molar-refractivity contribution in [1.82, 2.24) is 0 Å². The van der Waals surface area contributed by atoms with Gasteiger partial charge in [-0.2, -0.15) is 0 Å². The Balaban J connectivity index is 2.30. The molecule has 0 bridgehead atoms. The summed E-state index contributed by atoms with van der Waals surface area (Å²) in [6, 6.07) is 6.24. The van der Waals surface area contributed by atoms with Gasteiger partial charge >= 0.3 is 7.12 Å². The zero-order valence-corrected chi connectivity index (χ0v) is 15.5. The summed E-state index contributed by atoms with van der Waals surface area (Å²) in [5, 5.41) is 0. The average Bonchev–Trinajstić information content (AvgIpc) is 2.44. The van der Waals surface area contributed by atoms with E-state index < -0.39 is 8.32 Å². The van der Waals surface area contributed by atoms with Crippen LogP contribution in [-0.2, 0) is 9.31 Å². The first-order chi connectivity index (χ1) is 9.40. The highest BCUT2D eigenvalue weighted by molar-refractivity contribution is 6.70. The Hall–Kier alpha value is -0.778. The van der Waals surface area contributed by atoms with Crippen molar-refractivity contribution in [2.75, 3.05) is 0 Å². The Kier molecular flexibility index (Phi) is 4.06. The Labute approximate surface area is 130 Å². The summed E-state index contributed by atoms with van der Waals surface area (Å²) in [5.74, 6) is 0.916. The van der Waals surface area contributed by atoms with E-state index in [1.54, 1.807) is 0 Å². The van der Waals surface area contributed by atoms with Crippen LogP contribution in [0.2, 0.25) is 19.6 Å². The maximum atomic E-state index is 6.12. The van der Waals surface area contributed by atoms with Crippen molar-refractivity contribution in [3.63, 3.8) is 0 Å². The van der Waals surface area contributed by atoms with Crippen LogP contribution in [0.4, 0.5) is 0 Å². The second kappa shape index (κ2) is 5.14. The van der Waals surface area contributed by atoms with Crippen LogP contribution < -0.4 is 9.89 Å². The topological polar surface area (TPSA) is 27.7 Å². The van der Waals surface area contributed by atoms with Crippen LogP contribution in [0.1, 0.15) is 33.3 Å². The van der Waals surface area contributed by atoms with E-state index in [0.29, 0.717) is 0 Å². The Bertz CT molecular complexity index is 519. The monoisotopic (exact) mass is 306 g/mol. The molecule has 0 aliphatic carbocycles. The van der Waals surface area contributed by atoms with Crippen LogP contribution in [0.15, 0.2) is 18.2 Å². The molecule has 0 radical (unpaired) electrons. The molecule has 2 rings (SSSR count). The molecular weight excluding hydrogens is 279 g/mol. The molecular formula is C16H27BO3Si. The summed E-state index contributed by atoms with van der Waals surface area (Å²) in [4.78, 5) is 0. The SMILES string of the molecule is Cc1cc(O[Si](C)(C)C)cc(B2OC(C)(C)C(C)(C)O2)c1. The number of hydrogen-bond acceptors (Lipinski definition) is 3. The van der Waals surface area contributed by atoms with E-state index in [1.165, 1.54) is 0 Å². The number of rotatable bonds is 3. The number of benzene rings is 1. The third-order valence-corrected chi connectivity index (χ3v) is 4.87. The molecule has 1 saturated heterocycles. The Morgan fingerprint density at radius 2 is 1.48 bits per heavy atom. The van der Waals surface area contributed by atoms with E-state index >= 15 is 0 Å². The number of hydrogen-bond donors (Lipinski definition) is 0. The first-order valence-corrected chi connectivity index (χ1v) is 11.0. The Morgan fingerprint density at radius 3 is 1.95 bits per heavy atom. The first-order valence-electron chi connectivity index (χ1n) is 7.56. The van der Waals surface area contributed by atoms with Crippen molar-refractivity contribution in [2.24, 2.45) is 0 Å². The lowest BCUT2D eigenvalue weighted by Crippen LogP contribution is -2.41. The molecule has 0 saturated carbocycles. The van der Waals surface area contributed by atoms with Gasteiger partial charge in [0.25, 0.3) is 0 Å². The van der Waals surface area contributed by atoms with Crippen LogP contribution in [0, 0.1) is 6.92 Å². The third kappa shape index (κ3) is 3.71. The second-order valence-electron chi connectivity index (χ2n) is 7.88. The highest BCUT2D eigenvalue weighted by Gasteiger charge is 2.51. The molecule has 1 aromatic rings. The zero-order chi connectivity index (χ0) is 16.1. The minimum absolute atomic E-state index is 0.318. The normalized spacial score (nSPS) is 20.7. The van der Waals surface area contributed by atoms with Gasteiger partial charge in [0.05, 0.1) is 11.2 Å². The van der Waals surface area contributed by atoms with Crippen LogP contribution in [-0.4, -0.2) is 26.6 Å². The fraction of sp³-hybridized carbons (Fsp3) is 0.625. The quantitative estimate of drug-likeness (QED) is 0.800. The van der Waals surface area contributed by atoms with Crippen LogP contribution >= 0.6 is 0 Å². The molecule has 0 atom stereocenters. The predicted octanol–water partition coefficient (Wildman–Crippen LogP) is 3.51. The molecule has 0 spiro atoms. The molecule has 1 aromatic carbocycles. The van der Waals surface area contributed by atoms with Gasteiger partial charge in [0.2, 0.25) is 8.32 Å². The lowest BCUT2D eigenvalue weighted by atomic mass is 9.78. The molecule has 0 aromatic heterocycles. The van der Waals surface area contributed by atoms with Gasteiger partial charge in [0, 0.05) is 0 Å². The predicted molar refractivity (Wildman–Crippen MR) is 90.9 cm³/mol. The highest BCUT2D eigenvalue weighted by Crippen LogP contribution is 2.36. The van der Waals surface area contributed by atoms with Gasteiger partial charge in [0.1, 0.15) is 5.75 Å². The lowest BCUT2D eigenvalue weighted by Gasteiger charge is -2.32. The van der Waals surface area contributed by atoms with Gasteiger partial charge in [-0.3, -0.25) is 0 Å². The molecule has 1 aliphatic heterocycles. The van der Waals surface area contributed by atoms with Gasteiger partial charge < -0.3 is 13.7 Å². The summed E-state index contributed by atoms with van der Waals surface area (Å²) >= 11 is 0. The largest absolute Gasteiger partial charge is 0.544 e. The average molecular weight is 306 g/mol. The van der Waals surface area contributed by atoms with Crippen molar-refractivity contribution < 1.29 is 13.7 Å². The molecule has 3 nitrogen and oxygen atoms in total. The molecule has 1 aliphatic rings. The highest BCUT2D eigenvalue weighted by atomic mass is 28.4. The molecule has 1 fully saturated rings. The van der Waals surface area contributed by atoms with E-state index in [4.69, 9.17) is 13.7 Å². The van der Waals surface area contributed by atoms with Crippen molar-refractivity contribution in [2.45, 2.75) is 65.5 Å². The van der Waals surface area contributed by atoms with Crippen molar-refractivity contribution in [1.29, 1.82) is 0 Å². The molecule has 0 unspecified atom stereocenters. The summed E-state index contributed by atoms with van der Waals surface area (Å²) in [7, 11) is -1.96. The summed E-state index contributed by atoms with van der Waals surface area (Å²) in [6.45, 7) is 16.9. The fourth-order valence-electron chi connectivity index (χ4n) is 2.30. The van der Waals surface area contributed by atoms with Gasteiger partial charge in [-0.15, -0.1) is 0 Å². The lowest BCUT2D eigenvalue weighted by molar-refractivity contribution is 0.00578. The van der Waals surface area contributed by atoms with Gasteiger partial charge in [0.15, 0.2) is 0 Å². The van der Waals surface area contributed by atoms with Gasteiger partial charge in [-0.05, 0) is 77.4 Å². The molecule has 5 heteroatoms. The second-order valence-corrected chi connectivity index (χ2v) is 12.3. The molecule has 1 heterocycles. The van der Waals surface area contributed by atoms with Gasteiger partial charge in [-0.25, -0.2) is 0 Å². The maximum absolute atomic E-state index is 6.12. The zero-order valence-electron chi connectivity index (χ0n) is 14.5. The van der Waals surface area contributed by atoms with Crippen LogP contribution in [0.3, 0.4) is 0 Å². The van der Waals surface area contributed by atoms with E-state index in [2.05, 4.69) is 66.4 Å². The van der Waals surface area contributed by atoms with Crippen molar-refractivity contribution in [3.8, 4) is 5.75 Å². The number of aryl methyl sites for hydroxylation is 1. The van der Waals surface area contributed by atoms with Crippen molar-refractivity contribution >= 4 is 20.9 Å². The molecule has 0 N–H and O–H groups in total. The smallest absolute Gasteiger partial charge is 0.494 e. The van der Waals surface area contributed by atoms with E-state index in [1.807, 2.05) is 6.07 Å². The molecule has 0 amide bonds. The molecule has 116 valence electrons. The first kappa shape index (κ1) is 16.6. The van der Waals surface area contributed by atoms with Crippen molar-refractivity contribution in [3.05, 3.63) is 23.8 Å². The molecule has 21 heavy (non-hydrogen) atoms. The van der Waals surface area contributed by atoms with E-state index in [-0.39, 0.29) is 18.3 Å². The fourth-order valence-corrected chi connectivity index (χ4v) is 3.13. The Morgan fingerprint density at radius 1 is 0.952 bits per heavy atom. The minimum Gasteiger partial charge on any atom is -0.544 e. The summed E-state index contributed by atoms with van der Waals surface area (Å²) < 4.78 is 18.4. The minimum atomic E-state index is -1.62. The van der Waals surface area contributed by atoms with Crippen LogP contribution in [0.25, 0.3) is 0 Å². The summed E-state index contributed by atoms with van der Waals surface area (Å²) in [5.41, 5.74) is 1.56. The van der Waals surface area contributed by atoms with E-state index in [0.717, 1.165) is 16.8 Å².